The van der Waals surface area contributed by atoms with E-state index in [1.54, 1.807) is 70.3 Å². The normalized spacial score (nSPS) is 21.0. The first kappa shape index (κ1) is 61.5. The number of aromatic nitrogens is 1. The minimum Gasteiger partial charge on any atom is -0.508 e. The number of fused-ring (bicyclic) bond motifs is 1. The highest BCUT2D eigenvalue weighted by Gasteiger charge is 2.36. The average molecular weight is 1120 g/mol. The Labute approximate surface area is 460 Å². The molecular formula is C54H71N9O13S2. The van der Waals surface area contributed by atoms with Gasteiger partial charge in [-0.3, -0.25) is 33.6 Å². The third-order valence-electron chi connectivity index (χ3n) is 12.2. The molecule has 1 aliphatic heterocycles. The van der Waals surface area contributed by atoms with Crippen LogP contribution in [0.3, 0.4) is 0 Å². The highest BCUT2D eigenvalue weighted by atomic mass is 33.1. The maximum absolute atomic E-state index is 14.9. The fourth-order valence-corrected chi connectivity index (χ4v) is 10.5. The monoisotopic (exact) mass is 1120 g/mol. The molecule has 0 bridgehead atoms. The molecule has 2 heterocycles. The van der Waals surface area contributed by atoms with Gasteiger partial charge in [-0.15, -0.1) is 0 Å². The number of alkyl carbamates (subject to hydrolysis) is 1. The van der Waals surface area contributed by atoms with Crippen molar-refractivity contribution in [2.75, 3.05) is 18.1 Å². The van der Waals surface area contributed by atoms with E-state index >= 15 is 0 Å². The topological polar surface area (TPSA) is 336 Å². The first-order valence-electron chi connectivity index (χ1n) is 25.7. The number of carbonyl (C=O) groups excluding carboxylic acids is 8. The van der Waals surface area contributed by atoms with Crippen molar-refractivity contribution >= 4 is 85.9 Å². The van der Waals surface area contributed by atoms with Gasteiger partial charge >= 0.3 is 12.1 Å². The van der Waals surface area contributed by atoms with Gasteiger partial charge in [-0.1, -0.05) is 89.2 Å². The minimum atomic E-state index is -1.73. The number of carboxylic acids is 1. The number of rotatable bonds is 18. The van der Waals surface area contributed by atoms with Gasteiger partial charge in [-0.05, 0) is 88.3 Å². The summed E-state index contributed by atoms with van der Waals surface area (Å²) < 4.78 is 5.31. The average Bonchev–Trinajstić information content (AvgIpc) is 3.81. The smallest absolute Gasteiger partial charge is 0.407 e. The van der Waals surface area contributed by atoms with Gasteiger partial charge in [0.15, 0.2) is 0 Å². The lowest BCUT2D eigenvalue weighted by Gasteiger charge is -2.29. The number of hydrogen-bond acceptors (Lipinski definition) is 14. The number of hydrogen-bond donors (Lipinski definition) is 12. The van der Waals surface area contributed by atoms with Crippen LogP contribution in [-0.4, -0.2) is 146 Å². The molecule has 1 aromatic heterocycles. The Bertz CT molecular complexity index is 2700. The van der Waals surface area contributed by atoms with Gasteiger partial charge < -0.3 is 67.6 Å². The zero-order valence-electron chi connectivity index (χ0n) is 44.2. The van der Waals surface area contributed by atoms with Crippen LogP contribution in [0.25, 0.3) is 10.9 Å². The molecule has 8 amide bonds. The predicted octanol–water partition coefficient (Wildman–Crippen LogP) is 2.65. The number of phenolic OH excluding ortho intramolecular Hbond substituents is 1. The fraction of sp³-hybridized carbons (Fsp3) is 0.463. The van der Waals surface area contributed by atoms with Crippen molar-refractivity contribution in [3.05, 3.63) is 102 Å². The molecule has 4 aromatic rings. The number of aromatic amines is 1. The number of amides is 8. The second-order valence-electron chi connectivity index (χ2n) is 19.9. The molecule has 1 aliphatic rings. The third kappa shape index (κ3) is 19.9. The molecular weight excluding hydrogens is 1050 g/mol. The third-order valence-corrected chi connectivity index (χ3v) is 14.7. The van der Waals surface area contributed by atoms with Crippen molar-refractivity contribution < 1.29 is 63.2 Å². The van der Waals surface area contributed by atoms with Crippen LogP contribution in [0.5, 0.6) is 5.75 Å². The Morgan fingerprint density at radius 2 is 1.37 bits per heavy atom. The molecule has 78 heavy (non-hydrogen) atoms. The Morgan fingerprint density at radius 3 is 2.04 bits per heavy atom. The highest BCUT2D eigenvalue weighted by Crippen LogP contribution is 2.25. The van der Waals surface area contributed by atoms with Gasteiger partial charge in [0.1, 0.15) is 53.6 Å². The van der Waals surface area contributed by atoms with Crippen LogP contribution in [0, 0.1) is 0 Å². The number of aliphatic hydroxyl groups is 1. The van der Waals surface area contributed by atoms with Gasteiger partial charge in [0.25, 0.3) is 0 Å². The van der Waals surface area contributed by atoms with Crippen LogP contribution < -0.4 is 42.5 Å². The summed E-state index contributed by atoms with van der Waals surface area (Å²) in [4.78, 5) is 128. The molecule has 0 unspecified atom stereocenters. The Hall–Kier alpha value is -7.31. The summed E-state index contributed by atoms with van der Waals surface area (Å²) in [5.41, 5.74) is 1.71. The largest absolute Gasteiger partial charge is 0.508 e. The second-order valence-corrected chi connectivity index (χ2v) is 22.4. The molecule has 1 saturated heterocycles. The lowest BCUT2D eigenvalue weighted by Crippen LogP contribution is -2.62. The number of phenols is 1. The Kier molecular flexibility index (Phi) is 23.7. The van der Waals surface area contributed by atoms with Crippen LogP contribution in [0.1, 0.15) is 83.4 Å². The van der Waals surface area contributed by atoms with Gasteiger partial charge in [-0.2, -0.15) is 0 Å². The van der Waals surface area contributed by atoms with Gasteiger partial charge in [0.05, 0.1) is 6.10 Å². The van der Waals surface area contributed by atoms with E-state index in [-0.39, 0.29) is 68.7 Å². The SMILES string of the molecule is CCCC(=O)N[C@H](Cc1ccccc1)C(=O)N[C@H]1CSSC[C@@H](C(=O)O)NC(=O)[C@H]([C@@H](C)O)NC(=O)[C@H](CCCCNC(=O)OC(C)(C)C)NC(=O)[C@@H](Cc2c[nH]c3ccccc23)NC(=O)[C@H](Cc2ccc(O)cc2)NC1=O. The van der Waals surface area contributed by atoms with Gasteiger partial charge in [0.2, 0.25) is 41.4 Å². The molecule has 22 nitrogen and oxygen atoms in total. The number of nitrogens with one attached hydrogen (secondary N) is 9. The summed E-state index contributed by atoms with van der Waals surface area (Å²) in [5.74, 6) is -7.88. The molecule has 0 saturated carbocycles. The number of unbranched alkanes of at least 4 members (excludes halogenated alkanes) is 1. The molecule has 0 aliphatic carbocycles. The van der Waals surface area contributed by atoms with Crippen molar-refractivity contribution in [2.45, 2.75) is 140 Å². The summed E-state index contributed by atoms with van der Waals surface area (Å²) in [6.07, 6.45) is 0.0787. The van der Waals surface area contributed by atoms with Crippen LogP contribution in [-0.2, 0) is 62.4 Å². The summed E-state index contributed by atoms with van der Waals surface area (Å²) in [5, 5.41) is 53.2. The summed E-state index contributed by atoms with van der Waals surface area (Å²) in [6.45, 7) is 8.24. The number of para-hydroxylation sites is 1. The van der Waals surface area contributed by atoms with E-state index in [1.165, 1.54) is 31.2 Å². The van der Waals surface area contributed by atoms with E-state index in [0.717, 1.165) is 21.6 Å². The zero-order valence-corrected chi connectivity index (χ0v) is 45.9. The van der Waals surface area contributed by atoms with Gasteiger partial charge in [-0.25, -0.2) is 9.59 Å². The number of carboxylic acid groups (broad SMARTS) is 1. The number of ether oxygens (including phenoxy) is 1. The minimum absolute atomic E-state index is 0.0458. The van der Waals surface area contributed by atoms with Crippen molar-refractivity contribution in [3.63, 3.8) is 0 Å². The molecule has 0 spiro atoms. The van der Waals surface area contributed by atoms with Crippen molar-refractivity contribution in [2.24, 2.45) is 0 Å². The number of aliphatic carboxylic acids is 1. The van der Waals surface area contributed by atoms with Crippen LogP contribution >= 0.6 is 21.6 Å². The number of carbonyl (C=O) groups is 9. The molecule has 8 atom stereocenters. The van der Waals surface area contributed by atoms with E-state index in [4.69, 9.17) is 4.74 Å². The number of H-pyrrole nitrogens is 1. The quantitative estimate of drug-likeness (QED) is 0.0504. The maximum Gasteiger partial charge on any atom is 0.407 e. The number of aromatic hydroxyl groups is 1. The summed E-state index contributed by atoms with van der Waals surface area (Å²) >= 11 is 0. The van der Waals surface area contributed by atoms with Crippen LogP contribution in [0.15, 0.2) is 85.1 Å². The van der Waals surface area contributed by atoms with Crippen molar-refractivity contribution in [1.29, 1.82) is 0 Å². The van der Waals surface area contributed by atoms with Gasteiger partial charge in [0, 0.05) is 60.8 Å². The van der Waals surface area contributed by atoms with E-state index in [9.17, 15) is 58.5 Å². The predicted molar refractivity (Wildman–Crippen MR) is 295 cm³/mol. The summed E-state index contributed by atoms with van der Waals surface area (Å²) in [7, 11) is 1.88. The van der Waals surface area contributed by atoms with E-state index in [2.05, 4.69) is 47.5 Å². The highest BCUT2D eigenvalue weighted by molar-refractivity contribution is 8.76. The summed E-state index contributed by atoms with van der Waals surface area (Å²) in [6, 6.07) is 11.6. The molecule has 24 heteroatoms. The van der Waals surface area contributed by atoms with Crippen molar-refractivity contribution in [1.82, 2.24) is 47.5 Å². The molecule has 0 radical (unpaired) electrons. The first-order chi connectivity index (χ1) is 37.1. The fourth-order valence-electron chi connectivity index (χ4n) is 8.21. The first-order valence-corrected chi connectivity index (χ1v) is 28.2. The standard InChI is InChI=1S/C54H71N9O13S2/c1-6-14-44(66)57-39(25-32-15-8-7-9-16-32)47(68)61-42-29-77-78-30-43(52(73)74)62-51(72)45(31(2)64)63-46(67)38(19-12-13-24-55-53(75)76-54(3,4)5)58-49(70)41(27-34-28-56-37-18-11-10-17-36(34)37)60-48(69)40(59-50(42)71)26-33-20-22-35(65)23-21-33/h7-11,15-18,20-23,28,31,38-43,45,56,64-65H,6,12-14,19,24-27,29-30H2,1-5H3,(H,55,75)(H,57,66)(H,58,70)(H,59,71)(H,60,69)(H,61,68)(H,62,72)(H,63,67)(H,73,74)/t31-,38+,39-,40+,41-,42+,43+,45+/m1/s1. The number of aliphatic hydroxyl groups excluding tert-OH is 1. The van der Waals surface area contributed by atoms with E-state index in [0.29, 0.717) is 34.0 Å². The molecule has 5 rings (SSSR count). The molecule has 422 valence electrons. The molecule has 12 N–H and O–H groups in total. The lowest BCUT2D eigenvalue weighted by atomic mass is 10.0. The van der Waals surface area contributed by atoms with Crippen LogP contribution in [0.2, 0.25) is 0 Å². The number of benzene rings is 3. The van der Waals surface area contributed by atoms with E-state index < -0.39 is 107 Å². The lowest BCUT2D eigenvalue weighted by molar-refractivity contribution is -0.142. The Balaban J connectivity index is 1.56. The van der Waals surface area contributed by atoms with Crippen LogP contribution in [0.4, 0.5) is 4.79 Å². The maximum atomic E-state index is 14.9. The molecule has 1 fully saturated rings. The second kappa shape index (κ2) is 30.0. The van der Waals surface area contributed by atoms with Crippen molar-refractivity contribution in [3.8, 4) is 5.75 Å². The van der Waals surface area contributed by atoms with E-state index in [1.807, 2.05) is 18.2 Å². The Morgan fingerprint density at radius 1 is 0.744 bits per heavy atom. The molecule has 3 aromatic carbocycles. The zero-order chi connectivity index (χ0) is 56.9.